The van der Waals surface area contributed by atoms with Crippen LogP contribution >= 0.6 is 0 Å². The van der Waals surface area contributed by atoms with Crippen molar-refractivity contribution in [1.29, 1.82) is 0 Å². The summed E-state index contributed by atoms with van der Waals surface area (Å²) >= 11 is 0. The van der Waals surface area contributed by atoms with Crippen LogP contribution in [-0.4, -0.2) is 29.7 Å². The zero-order chi connectivity index (χ0) is 20.1. The normalized spacial score (nSPS) is 14.3. The third-order valence-electron chi connectivity index (χ3n) is 6.01. The molecule has 0 amide bonds. The average molecular weight is 392 g/mol. The van der Waals surface area contributed by atoms with Gasteiger partial charge in [0.1, 0.15) is 12.0 Å². The van der Waals surface area contributed by atoms with Gasteiger partial charge in [-0.2, -0.15) is 5.10 Å². The Morgan fingerprint density at radius 1 is 0.967 bits per heavy atom. The summed E-state index contributed by atoms with van der Waals surface area (Å²) < 4.78 is 2.09. The summed E-state index contributed by atoms with van der Waals surface area (Å²) in [7, 11) is 0. The van der Waals surface area contributed by atoms with E-state index in [1.807, 2.05) is 24.4 Å². The minimum absolute atomic E-state index is 0.438. The summed E-state index contributed by atoms with van der Waals surface area (Å²) in [5.74, 6) is 0. The Hall–Kier alpha value is -3.67. The van der Waals surface area contributed by atoms with E-state index in [0.717, 1.165) is 57.4 Å². The second-order valence-electron chi connectivity index (χ2n) is 7.91. The smallest absolute Gasteiger partial charge is 0.162 e. The highest BCUT2D eigenvalue weighted by atomic mass is 15.3. The van der Waals surface area contributed by atoms with Gasteiger partial charge in [-0.05, 0) is 56.0 Å². The molecule has 1 saturated carbocycles. The molecule has 0 aliphatic heterocycles. The molecule has 146 valence electrons. The molecule has 0 spiro atoms. The van der Waals surface area contributed by atoms with Crippen LogP contribution in [0.15, 0.2) is 61.2 Å². The molecule has 0 radical (unpaired) electrons. The van der Waals surface area contributed by atoms with Crippen molar-refractivity contribution in [1.82, 2.24) is 29.7 Å². The molecule has 1 aliphatic rings. The SMILES string of the molecule is Cc1cc(-c2ccccn2)nc2cc(-c3nn(C4CCC4)c4ncncc34)ccc12. The molecule has 5 aromatic rings. The first-order valence-electron chi connectivity index (χ1n) is 10.3. The van der Waals surface area contributed by atoms with Gasteiger partial charge in [0.15, 0.2) is 5.65 Å². The zero-order valence-corrected chi connectivity index (χ0v) is 16.7. The lowest BCUT2D eigenvalue weighted by molar-refractivity contribution is 0.296. The monoisotopic (exact) mass is 392 g/mol. The van der Waals surface area contributed by atoms with Crippen molar-refractivity contribution in [2.24, 2.45) is 0 Å². The molecule has 4 heterocycles. The largest absolute Gasteiger partial charge is 0.255 e. The molecule has 30 heavy (non-hydrogen) atoms. The van der Waals surface area contributed by atoms with Gasteiger partial charge in [0, 0.05) is 23.3 Å². The van der Waals surface area contributed by atoms with Crippen LogP contribution in [0.3, 0.4) is 0 Å². The van der Waals surface area contributed by atoms with E-state index in [1.165, 1.54) is 12.0 Å². The fourth-order valence-electron chi connectivity index (χ4n) is 4.18. The molecule has 6 rings (SSSR count). The van der Waals surface area contributed by atoms with E-state index in [9.17, 15) is 0 Å². The molecule has 0 saturated heterocycles. The summed E-state index contributed by atoms with van der Waals surface area (Å²) in [5, 5.41) is 7.09. The third-order valence-corrected chi connectivity index (χ3v) is 6.01. The molecule has 1 aliphatic carbocycles. The van der Waals surface area contributed by atoms with E-state index in [-0.39, 0.29) is 0 Å². The fraction of sp³-hybridized carbons (Fsp3) is 0.208. The molecular formula is C24H20N6. The predicted octanol–water partition coefficient (Wildman–Crippen LogP) is 5.14. The van der Waals surface area contributed by atoms with Gasteiger partial charge < -0.3 is 0 Å². The summed E-state index contributed by atoms with van der Waals surface area (Å²) in [6.45, 7) is 2.12. The Labute approximate surface area is 173 Å². The van der Waals surface area contributed by atoms with Gasteiger partial charge in [-0.1, -0.05) is 18.2 Å². The van der Waals surface area contributed by atoms with E-state index in [2.05, 4.69) is 50.8 Å². The van der Waals surface area contributed by atoms with Crippen LogP contribution in [0.4, 0.5) is 0 Å². The number of nitrogens with zero attached hydrogens (tertiary/aromatic N) is 6. The minimum Gasteiger partial charge on any atom is -0.255 e. The third kappa shape index (κ3) is 2.68. The van der Waals surface area contributed by atoms with Crippen molar-refractivity contribution in [3.8, 4) is 22.6 Å². The number of aromatic nitrogens is 6. The van der Waals surface area contributed by atoms with Crippen molar-refractivity contribution in [2.75, 3.05) is 0 Å². The van der Waals surface area contributed by atoms with Crippen LogP contribution in [0, 0.1) is 6.92 Å². The van der Waals surface area contributed by atoms with Gasteiger partial charge in [-0.25, -0.2) is 19.6 Å². The van der Waals surface area contributed by atoms with Crippen molar-refractivity contribution in [2.45, 2.75) is 32.2 Å². The lowest BCUT2D eigenvalue weighted by Gasteiger charge is -2.25. The average Bonchev–Trinajstić information content (AvgIpc) is 3.12. The molecule has 0 bridgehead atoms. The molecular weight excluding hydrogens is 372 g/mol. The highest BCUT2D eigenvalue weighted by molar-refractivity contribution is 5.95. The Balaban J connectivity index is 1.54. The van der Waals surface area contributed by atoms with E-state index < -0.39 is 0 Å². The van der Waals surface area contributed by atoms with Crippen molar-refractivity contribution in [3.63, 3.8) is 0 Å². The van der Waals surface area contributed by atoms with Crippen LogP contribution in [0.5, 0.6) is 0 Å². The minimum atomic E-state index is 0.438. The molecule has 1 fully saturated rings. The van der Waals surface area contributed by atoms with Gasteiger partial charge in [0.05, 0.1) is 28.3 Å². The van der Waals surface area contributed by atoms with E-state index >= 15 is 0 Å². The maximum absolute atomic E-state index is 4.97. The Morgan fingerprint density at radius 3 is 2.70 bits per heavy atom. The van der Waals surface area contributed by atoms with Crippen LogP contribution in [0.25, 0.3) is 44.6 Å². The second kappa shape index (κ2) is 6.69. The first-order chi connectivity index (χ1) is 14.8. The van der Waals surface area contributed by atoms with E-state index in [1.54, 1.807) is 12.5 Å². The fourth-order valence-corrected chi connectivity index (χ4v) is 4.18. The Morgan fingerprint density at radius 2 is 1.90 bits per heavy atom. The zero-order valence-electron chi connectivity index (χ0n) is 16.7. The van der Waals surface area contributed by atoms with Gasteiger partial charge in [-0.3, -0.25) is 4.98 Å². The van der Waals surface area contributed by atoms with E-state index in [4.69, 9.17) is 10.1 Å². The van der Waals surface area contributed by atoms with Gasteiger partial charge in [0.25, 0.3) is 0 Å². The van der Waals surface area contributed by atoms with Crippen LogP contribution < -0.4 is 0 Å². The summed E-state index contributed by atoms with van der Waals surface area (Å²) in [5.41, 5.74) is 6.74. The van der Waals surface area contributed by atoms with Gasteiger partial charge >= 0.3 is 0 Å². The van der Waals surface area contributed by atoms with Gasteiger partial charge in [0.2, 0.25) is 0 Å². The summed E-state index contributed by atoms with van der Waals surface area (Å²) in [6.07, 6.45) is 8.84. The second-order valence-corrected chi connectivity index (χ2v) is 7.91. The molecule has 6 nitrogen and oxygen atoms in total. The molecule has 4 aromatic heterocycles. The standard InChI is InChI=1S/C24H20N6/c1-15-11-22(20-7-2-3-10-26-20)28-21-12-16(8-9-18(15)21)23-19-13-25-14-27-24(19)30(29-23)17-5-4-6-17/h2-3,7-14,17H,4-6H2,1H3. The Bertz CT molecular complexity index is 1390. The number of aryl methyl sites for hydroxylation is 1. The first-order valence-corrected chi connectivity index (χ1v) is 10.3. The maximum Gasteiger partial charge on any atom is 0.162 e. The molecule has 6 heteroatoms. The lowest BCUT2D eigenvalue weighted by Crippen LogP contribution is -2.18. The topological polar surface area (TPSA) is 69.4 Å². The quantitative estimate of drug-likeness (QED) is 0.425. The number of pyridine rings is 2. The summed E-state index contributed by atoms with van der Waals surface area (Å²) in [6, 6.07) is 14.8. The summed E-state index contributed by atoms with van der Waals surface area (Å²) in [4.78, 5) is 18.2. The number of hydrogen-bond donors (Lipinski definition) is 0. The number of benzene rings is 1. The lowest BCUT2D eigenvalue weighted by atomic mass is 9.93. The van der Waals surface area contributed by atoms with Crippen LogP contribution in [0.2, 0.25) is 0 Å². The number of hydrogen-bond acceptors (Lipinski definition) is 5. The molecule has 0 atom stereocenters. The van der Waals surface area contributed by atoms with Gasteiger partial charge in [-0.15, -0.1) is 0 Å². The first kappa shape index (κ1) is 17.2. The highest BCUT2D eigenvalue weighted by Gasteiger charge is 2.25. The number of rotatable bonds is 3. The van der Waals surface area contributed by atoms with Crippen molar-refractivity contribution >= 4 is 21.9 Å². The van der Waals surface area contributed by atoms with Crippen molar-refractivity contribution in [3.05, 3.63) is 66.7 Å². The van der Waals surface area contributed by atoms with Crippen LogP contribution in [0.1, 0.15) is 30.9 Å². The Kier molecular flexibility index (Phi) is 3.84. The molecule has 0 N–H and O–H groups in total. The van der Waals surface area contributed by atoms with Crippen LogP contribution in [-0.2, 0) is 0 Å². The number of fused-ring (bicyclic) bond motifs is 2. The molecule has 0 unspecified atom stereocenters. The molecule has 1 aromatic carbocycles. The predicted molar refractivity (Wildman–Crippen MR) is 117 cm³/mol. The highest BCUT2D eigenvalue weighted by Crippen LogP contribution is 2.37. The van der Waals surface area contributed by atoms with Crippen molar-refractivity contribution < 1.29 is 0 Å². The van der Waals surface area contributed by atoms with E-state index in [0.29, 0.717) is 6.04 Å². The maximum atomic E-state index is 4.97.